The van der Waals surface area contributed by atoms with E-state index >= 15 is 0 Å². The molecule has 0 atom stereocenters. The summed E-state index contributed by atoms with van der Waals surface area (Å²) in [5.41, 5.74) is 0.614. The number of aromatic nitrogens is 1. The highest BCUT2D eigenvalue weighted by Gasteiger charge is 2.24. The number of nitrogens with one attached hydrogen (secondary N) is 1. The van der Waals surface area contributed by atoms with Crippen LogP contribution in [0.4, 0.5) is 0 Å². The Bertz CT molecular complexity index is 439. The molecule has 1 aliphatic carbocycles. The monoisotopic (exact) mass is 262 g/mol. The molecule has 1 aromatic rings. The molecule has 5 nitrogen and oxygen atoms in total. The Morgan fingerprint density at radius 2 is 1.84 bits per heavy atom. The summed E-state index contributed by atoms with van der Waals surface area (Å²) in [4.78, 5) is 26.5. The molecule has 1 heterocycles. The van der Waals surface area contributed by atoms with Gasteiger partial charge in [0.25, 0.3) is 5.91 Å². The maximum Gasteiger partial charge on any atom is 0.303 e. The fraction of sp³-hybridized carbons (Fsp3) is 0.500. The van der Waals surface area contributed by atoms with E-state index in [4.69, 9.17) is 5.11 Å². The minimum Gasteiger partial charge on any atom is -0.481 e. The van der Waals surface area contributed by atoms with E-state index in [-0.39, 0.29) is 24.3 Å². The molecule has 0 saturated heterocycles. The number of hydrogen-bond donors (Lipinski definition) is 2. The summed E-state index contributed by atoms with van der Waals surface area (Å²) in [7, 11) is 0. The first kappa shape index (κ1) is 13.5. The number of nitrogens with zero attached hydrogens (tertiary/aromatic N) is 1. The van der Waals surface area contributed by atoms with Gasteiger partial charge in [-0.1, -0.05) is 0 Å². The van der Waals surface area contributed by atoms with Crippen molar-refractivity contribution in [2.75, 3.05) is 0 Å². The van der Waals surface area contributed by atoms with Crippen LogP contribution in [0.5, 0.6) is 0 Å². The number of aliphatic carboxylic acids is 1. The van der Waals surface area contributed by atoms with Crippen molar-refractivity contribution in [3.63, 3.8) is 0 Å². The molecule has 2 rings (SSSR count). The maximum absolute atomic E-state index is 11.9. The molecule has 0 aliphatic heterocycles. The van der Waals surface area contributed by atoms with Crippen molar-refractivity contribution in [1.29, 1.82) is 0 Å². The van der Waals surface area contributed by atoms with E-state index in [1.165, 1.54) is 0 Å². The Hall–Kier alpha value is -1.91. The van der Waals surface area contributed by atoms with E-state index in [0.29, 0.717) is 5.56 Å². The quantitative estimate of drug-likeness (QED) is 0.867. The molecule has 2 N–H and O–H groups in total. The molecular weight excluding hydrogens is 244 g/mol. The number of hydrogen-bond acceptors (Lipinski definition) is 3. The molecule has 0 aromatic carbocycles. The summed E-state index contributed by atoms with van der Waals surface area (Å²) in [5, 5.41) is 11.7. The molecular formula is C14H18N2O3. The molecule has 0 unspecified atom stereocenters. The second kappa shape index (κ2) is 6.31. The Morgan fingerprint density at radius 3 is 2.42 bits per heavy atom. The lowest BCUT2D eigenvalue weighted by Crippen LogP contribution is -2.37. The second-order valence-corrected chi connectivity index (χ2v) is 5.02. The molecule has 1 saturated carbocycles. The molecule has 0 radical (unpaired) electrons. The Labute approximate surface area is 112 Å². The summed E-state index contributed by atoms with van der Waals surface area (Å²) in [6.07, 6.45) is 6.88. The van der Waals surface area contributed by atoms with E-state index in [2.05, 4.69) is 10.3 Å². The minimum atomic E-state index is -0.732. The van der Waals surface area contributed by atoms with Crippen molar-refractivity contribution >= 4 is 11.9 Å². The van der Waals surface area contributed by atoms with Crippen LogP contribution in [-0.2, 0) is 4.79 Å². The van der Waals surface area contributed by atoms with Gasteiger partial charge in [-0.2, -0.15) is 0 Å². The zero-order valence-corrected chi connectivity index (χ0v) is 10.7. The van der Waals surface area contributed by atoms with Gasteiger partial charge in [-0.25, -0.2) is 0 Å². The SMILES string of the molecule is O=C(O)CC1CCC(NC(=O)c2ccncc2)CC1. The van der Waals surface area contributed by atoms with E-state index in [0.717, 1.165) is 25.7 Å². The average Bonchev–Trinajstić information content (AvgIpc) is 2.41. The summed E-state index contributed by atoms with van der Waals surface area (Å²) in [6, 6.07) is 3.53. The van der Waals surface area contributed by atoms with Crippen molar-refractivity contribution in [2.45, 2.75) is 38.1 Å². The highest BCUT2D eigenvalue weighted by Crippen LogP contribution is 2.26. The Kier molecular flexibility index (Phi) is 4.49. The first-order valence-electron chi connectivity index (χ1n) is 6.58. The van der Waals surface area contributed by atoms with Gasteiger partial charge in [-0.05, 0) is 43.7 Å². The zero-order valence-electron chi connectivity index (χ0n) is 10.7. The van der Waals surface area contributed by atoms with Crippen LogP contribution in [0.3, 0.4) is 0 Å². The average molecular weight is 262 g/mol. The Morgan fingerprint density at radius 1 is 1.21 bits per heavy atom. The first-order valence-corrected chi connectivity index (χ1v) is 6.58. The molecule has 0 spiro atoms. The summed E-state index contributed by atoms with van der Waals surface area (Å²) < 4.78 is 0. The molecule has 1 amide bonds. The van der Waals surface area contributed by atoms with Crippen LogP contribution in [0, 0.1) is 5.92 Å². The fourth-order valence-corrected chi connectivity index (χ4v) is 2.53. The van der Waals surface area contributed by atoms with Crippen molar-refractivity contribution < 1.29 is 14.7 Å². The second-order valence-electron chi connectivity index (χ2n) is 5.02. The van der Waals surface area contributed by atoms with Crippen molar-refractivity contribution in [3.05, 3.63) is 30.1 Å². The predicted molar refractivity (Wildman–Crippen MR) is 69.7 cm³/mol. The number of carbonyl (C=O) groups is 2. The number of carboxylic acid groups (broad SMARTS) is 1. The van der Waals surface area contributed by atoms with Gasteiger partial charge in [-0.3, -0.25) is 14.6 Å². The lowest BCUT2D eigenvalue weighted by molar-refractivity contribution is -0.138. The van der Waals surface area contributed by atoms with Crippen LogP contribution in [-0.4, -0.2) is 28.0 Å². The lowest BCUT2D eigenvalue weighted by Gasteiger charge is -2.28. The van der Waals surface area contributed by atoms with Crippen molar-refractivity contribution in [3.8, 4) is 0 Å². The third-order valence-electron chi connectivity index (χ3n) is 3.59. The normalized spacial score (nSPS) is 22.7. The molecule has 1 aliphatic rings. The summed E-state index contributed by atoms with van der Waals surface area (Å²) in [6.45, 7) is 0. The van der Waals surface area contributed by atoms with Gasteiger partial charge in [0.2, 0.25) is 0 Å². The molecule has 19 heavy (non-hydrogen) atoms. The number of carboxylic acids is 1. The van der Waals surface area contributed by atoms with Gasteiger partial charge in [0, 0.05) is 30.4 Å². The predicted octanol–water partition coefficient (Wildman–Crippen LogP) is 1.84. The standard InChI is InChI=1S/C14H18N2O3/c17-13(18)9-10-1-3-12(4-2-10)16-14(19)11-5-7-15-8-6-11/h5-8,10,12H,1-4,9H2,(H,16,19)(H,17,18). The highest BCUT2D eigenvalue weighted by atomic mass is 16.4. The third-order valence-corrected chi connectivity index (χ3v) is 3.59. The summed E-state index contributed by atoms with van der Waals surface area (Å²) in [5.74, 6) is -0.556. The topological polar surface area (TPSA) is 79.3 Å². The van der Waals surface area contributed by atoms with Gasteiger partial charge < -0.3 is 10.4 Å². The van der Waals surface area contributed by atoms with Gasteiger partial charge in [0.05, 0.1) is 0 Å². The van der Waals surface area contributed by atoms with Crippen LogP contribution >= 0.6 is 0 Å². The molecule has 1 aromatic heterocycles. The van der Waals surface area contributed by atoms with Gasteiger partial charge in [0.15, 0.2) is 0 Å². The smallest absolute Gasteiger partial charge is 0.303 e. The molecule has 5 heteroatoms. The van der Waals surface area contributed by atoms with Gasteiger partial charge in [0.1, 0.15) is 0 Å². The summed E-state index contributed by atoms with van der Waals surface area (Å²) >= 11 is 0. The van der Waals surface area contributed by atoms with Crippen LogP contribution in [0.15, 0.2) is 24.5 Å². The number of carbonyl (C=O) groups excluding carboxylic acids is 1. The van der Waals surface area contributed by atoms with Crippen LogP contribution in [0.1, 0.15) is 42.5 Å². The van der Waals surface area contributed by atoms with E-state index < -0.39 is 5.97 Å². The maximum atomic E-state index is 11.9. The fourth-order valence-electron chi connectivity index (χ4n) is 2.53. The number of pyridine rings is 1. The van der Waals surface area contributed by atoms with Gasteiger partial charge in [-0.15, -0.1) is 0 Å². The molecule has 1 fully saturated rings. The number of amides is 1. The zero-order chi connectivity index (χ0) is 13.7. The van der Waals surface area contributed by atoms with E-state index in [9.17, 15) is 9.59 Å². The van der Waals surface area contributed by atoms with Crippen LogP contribution in [0.25, 0.3) is 0 Å². The minimum absolute atomic E-state index is 0.0796. The third kappa shape index (κ3) is 4.05. The molecule has 102 valence electrons. The number of rotatable bonds is 4. The van der Waals surface area contributed by atoms with E-state index in [1.54, 1.807) is 24.5 Å². The van der Waals surface area contributed by atoms with Gasteiger partial charge >= 0.3 is 5.97 Å². The first-order chi connectivity index (χ1) is 9.15. The Balaban J connectivity index is 1.80. The molecule has 0 bridgehead atoms. The lowest BCUT2D eigenvalue weighted by atomic mass is 9.84. The van der Waals surface area contributed by atoms with Crippen molar-refractivity contribution in [2.24, 2.45) is 5.92 Å². The largest absolute Gasteiger partial charge is 0.481 e. The van der Waals surface area contributed by atoms with Crippen LogP contribution in [0.2, 0.25) is 0 Å². The highest BCUT2D eigenvalue weighted by molar-refractivity contribution is 5.94. The van der Waals surface area contributed by atoms with E-state index in [1.807, 2.05) is 0 Å². The van der Waals surface area contributed by atoms with Crippen molar-refractivity contribution in [1.82, 2.24) is 10.3 Å². The van der Waals surface area contributed by atoms with Crippen LogP contribution < -0.4 is 5.32 Å².